The Kier molecular flexibility index (Phi) is 2.99. The fourth-order valence-electron chi connectivity index (χ4n) is 2.10. The third-order valence-electron chi connectivity index (χ3n) is 3.20. The zero-order valence-corrected chi connectivity index (χ0v) is 11.1. The third-order valence-corrected chi connectivity index (χ3v) is 3.89. The Morgan fingerprint density at radius 1 is 1.00 bits per heavy atom. The zero-order chi connectivity index (χ0) is 10.5. The summed E-state index contributed by atoms with van der Waals surface area (Å²) in [5, 5.41) is 2.54. The number of halogens is 2. The average molecular weight is 299 g/mol. The monoisotopic (exact) mass is 297 g/mol. The standard InChI is InChI=1S/C13H12BrN.ClH/c14-12-6-5-11(13(15)7-8-13)9-3-1-2-4-10(9)12;/h1-6H,7-8,15H2;1H. The number of fused-ring (bicyclic) bond motifs is 1. The number of rotatable bonds is 1. The second kappa shape index (κ2) is 4.02. The molecule has 1 aliphatic carbocycles. The molecule has 84 valence electrons. The van der Waals surface area contributed by atoms with E-state index in [-0.39, 0.29) is 17.9 Å². The molecular weight excluding hydrogens is 286 g/mol. The van der Waals surface area contributed by atoms with E-state index in [1.54, 1.807) is 0 Å². The normalized spacial score (nSPS) is 16.9. The Labute approximate surface area is 110 Å². The Bertz CT molecular complexity index is 534. The van der Waals surface area contributed by atoms with Gasteiger partial charge in [0.15, 0.2) is 0 Å². The largest absolute Gasteiger partial charge is 0.321 e. The summed E-state index contributed by atoms with van der Waals surface area (Å²) in [6, 6.07) is 12.7. The predicted octanol–water partition coefficient (Wildman–Crippen LogP) is 3.97. The fourth-order valence-corrected chi connectivity index (χ4v) is 2.58. The quantitative estimate of drug-likeness (QED) is 0.847. The van der Waals surface area contributed by atoms with Crippen LogP contribution in [0.1, 0.15) is 18.4 Å². The molecule has 3 rings (SSSR count). The van der Waals surface area contributed by atoms with E-state index in [1.165, 1.54) is 16.3 Å². The first-order valence-corrected chi connectivity index (χ1v) is 5.97. The van der Waals surface area contributed by atoms with Gasteiger partial charge in [-0.15, -0.1) is 12.4 Å². The van der Waals surface area contributed by atoms with Gasteiger partial charge in [0.05, 0.1) is 0 Å². The summed E-state index contributed by atoms with van der Waals surface area (Å²) < 4.78 is 1.14. The van der Waals surface area contributed by atoms with Gasteiger partial charge in [-0.1, -0.05) is 46.3 Å². The number of nitrogens with two attached hydrogens (primary N) is 1. The van der Waals surface area contributed by atoms with Crippen molar-refractivity contribution in [2.45, 2.75) is 18.4 Å². The molecule has 0 aliphatic heterocycles. The van der Waals surface area contributed by atoms with Gasteiger partial charge in [-0.25, -0.2) is 0 Å². The van der Waals surface area contributed by atoms with E-state index in [0.29, 0.717) is 0 Å². The summed E-state index contributed by atoms with van der Waals surface area (Å²) in [7, 11) is 0. The van der Waals surface area contributed by atoms with Gasteiger partial charge in [0, 0.05) is 10.0 Å². The van der Waals surface area contributed by atoms with Crippen molar-refractivity contribution in [2.24, 2.45) is 5.73 Å². The SMILES string of the molecule is Cl.NC1(c2ccc(Br)c3ccccc23)CC1. The lowest BCUT2D eigenvalue weighted by Crippen LogP contribution is -2.18. The van der Waals surface area contributed by atoms with Crippen molar-refractivity contribution in [1.29, 1.82) is 0 Å². The van der Waals surface area contributed by atoms with Crippen molar-refractivity contribution in [3.63, 3.8) is 0 Å². The average Bonchev–Trinajstić information content (AvgIpc) is 2.98. The molecule has 0 heterocycles. The molecule has 1 aliphatic rings. The van der Waals surface area contributed by atoms with Crippen molar-refractivity contribution >= 4 is 39.1 Å². The first-order valence-electron chi connectivity index (χ1n) is 5.17. The van der Waals surface area contributed by atoms with Crippen LogP contribution in [0, 0.1) is 0 Å². The van der Waals surface area contributed by atoms with Crippen molar-refractivity contribution in [1.82, 2.24) is 0 Å². The number of benzene rings is 2. The van der Waals surface area contributed by atoms with Crippen molar-refractivity contribution in [3.8, 4) is 0 Å². The smallest absolute Gasteiger partial charge is 0.0417 e. The van der Waals surface area contributed by atoms with Crippen molar-refractivity contribution in [2.75, 3.05) is 0 Å². The minimum absolute atomic E-state index is 0. The highest BCUT2D eigenvalue weighted by Gasteiger charge is 2.40. The van der Waals surface area contributed by atoms with E-state index < -0.39 is 0 Å². The molecule has 2 aromatic rings. The summed E-state index contributed by atoms with van der Waals surface area (Å²) in [5.74, 6) is 0. The van der Waals surface area contributed by atoms with Crippen LogP contribution >= 0.6 is 28.3 Å². The van der Waals surface area contributed by atoms with E-state index >= 15 is 0 Å². The summed E-state index contributed by atoms with van der Waals surface area (Å²) in [6.45, 7) is 0. The molecule has 0 aromatic heterocycles. The Balaban J connectivity index is 0.000000963. The highest BCUT2D eigenvalue weighted by Crippen LogP contribution is 2.46. The van der Waals surface area contributed by atoms with Crippen LogP contribution in [-0.4, -0.2) is 0 Å². The molecule has 1 fully saturated rings. The van der Waals surface area contributed by atoms with Gasteiger partial charge in [0.1, 0.15) is 0 Å². The molecule has 0 bridgehead atoms. The van der Waals surface area contributed by atoms with Gasteiger partial charge in [-0.05, 0) is 35.2 Å². The summed E-state index contributed by atoms with van der Waals surface area (Å²) in [4.78, 5) is 0. The minimum atomic E-state index is -0.0553. The van der Waals surface area contributed by atoms with Crippen LogP contribution in [0.5, 0.6) is 0 Å². The fraction of sp³-hybridized carbons (Fsp3) is 0.231. The molecule has 0 radical (unpaired) electrons. The van der Waals surface area contributed by atoms with E-state index in [4.69, 9.17) is 5.73 Å². The number of hydrogen-bond acceptors (Lipinski definition) is 1. The molecule has 3 heteroatoms. The molecule has 0 amide bonds. The number of hydrogen-bond donors (Lipinski definition) is 1. The van der Waals surface area contributed by atoms with Crippen LogP contribution in [0.4, 0.5) is 0 Å². The summed E-state index contributed by atoms with van der Waals surface area (Å²) in [5.41, 5.74) is 7.51. The summed E-state index contributed by atoms with van der Waals surface area (Å²) in [6.07, 6.45) is 2.22. The van der Waals surface area contributed by atoms with Crippen LogP contribution in [-0.2, 0) is 5.54 Å². The van der Waals surface area contributed by atoms with Crippen molar-refractivity contribution in [3.05, 3.63) is 46.4 Å². The van der Waals surface area contributed by atoms with Crippen LogP contribution in [0.15, 0.2) is 40.9 Å². The highest BCUT2D eigenvalue weighted by atomic mass is 79.9. The molecule has 2 aromatic carbocycles. The highest BCUT2D eigenvalue weighted by molar-refractivity contribution is 9.10. The second-order valence-electron chi connectivity index (χ2n) is 4.30. The third kappa shape index (κ3) is 1.75. The maximum atomic E-state index is 6.27. The Morgan fingerprint density at radius 3 is 2.25 bits per heavy atom. The van der Waals surface area contributed by atoms with Gasteiger partial charge in [0.25, 0.3) is 0 Å². The maximum Gasteiger partial charge on any atom is 0.0417 e. The molecule has 16 heavy (non-hydrogen) atoms. The first-order chi connectivity index (χ1) is 7.21. The van der Waals surface area contributed by atoms with E-state index in [0.717, 1.165) is 17.3 Å². The molecule has 0 atom stereocenters. The molecule has 2 N–H and O–H groups in total. The first kappa shape index (κ1) is 11.9. The maximum absolute atomic E-state index is 6.27. The van der Waals surface area contributed by atoms with E-state index in [2.05, 4.69) is 52.3 Å². The lowest BCUT2D eigenvalue weighted by atomic mass is 9.98. The topological polar surface area (TPSA) is 26.0 Å². The lowest BCUT2D eigenvalue weighted by molar-refractivity contribution is 0.748. The van der Waals surface area contributed by atoms with Crippen LogP contribution < -0.4 is 5.73 Å². The molecule has 0 unspecified atom stereocenters. The van der Waals surface area contributed by atoms with Crippen molar-refractivity contribution < 1.29 is 0 Å². The molecular formula is C13H13BrClN. The van der Waals surface area contributed by atoms with E-state index in [1.807, 2.05) is 0 Å². The van der Waals surface area contributed by atoms with Crippen LogP contribution in [0.3, 0.4) is 0 Å². The van der Waals surface area contributed by atoms with Crippen LogP contribution in [0.2, 0.25) is 0 Å². The minimum Gasteiger partial charge on any atom is -0.321 e. The molecule has 1 saturated carbocycles. The molecule has 0 spiro atoms. The van der Waals surface area contributed by atoms with Gasteiger partial charge >= 0.3 is 0 Å². The Hall–Kier alpha value is -0.570. The van der Waals surface area contributed by atoms with Gasteiger partial charge < -0.3 is 5.73 Å². The van der Waals surface area contributed by atoms with Crippen LogP contribution in [0.25, 0.3) is 10.8 Å². The summed E-state index contributed by atoms with van der Waals surface area (Å²) >= 11 is 3.58. The molecule has 0 saturated heterocycles. The van der Waals surface area contributed by atoms with Gasteiger partial charge in [0.2, 0.25) is 0 Å². The van der Waals surface area contributed by atoms with E-state index in [9.17, 15) is 0 Å². The lowest BCUT2D eigenvalue weighted by Gasteiger charge is -2.13. The molecule has 1 nitrogen and oxygen atoms in total. The van der Waals surface area contributed by atoms with Gasteiger partial charge in [-0.2, -0.15) is 0 Å². The van der Waals surface area contributed by atoms with Gasteiger partial charge in [-0.3, -0.25) is 0 Å². The Morgan fingerprint density at radius 2 is 1.62 bits per heavy atom. The second-order valence-corrected chi connectivity index (χ2v) is 5.15. The predicted molar refractivity (Wildman–Crippen MR) is 74.0 cm³/mol. The zero-order valence-electron chi connectivity index (χ0n) is 8.74.